The molecule has 1 aromatic rings. The van der Waals surface area contributed by atoms with E-state index in [1.807, 2.05) is 4.72 Å². The fourth-order valence-corrected chi connectivity index (χ4v) is 2.46. The lowest BCUT2D eigenvalue weighted by molar-refractivity contribution is 0.280. The summed E-state index contributed by atoms with van der Waals surface area (Å²) < 4.78 is 63.5. The van der Waals surface area contributed by atoms with Gasteiger partial charge in [0, 0.05) is 6.54 Å². The predicted molar refractivity (Wildman–Crippen MR) is 58.1 cm³/mol. The van der Waals surface area contributed by atoms with Gasteiger partial charge in [-0.25, -0.2) is 21.9 Å². The molecule has 2 N–H and O–H groups in total. The van der Waals surface area contributed by atoms with E-state index in [0.29, 0.717) is 6.07 Å². The van der Waals surface area contributed by atoms with Gasteiger partial charge in [0.15, 0.2) is 11.6 Å². The Balaban J connectivity index is 3.11. The summed E-state index contributed by atoms with van der Waals surface area (Å²) in [5.74, 6) is -2.90. The molecule has 0 atom stereocenters. The molecule has 4 nitrogen and oxygen atoms in total. The normalized spacial score (nSPS) is 11.8. The molecule has 1 aromatic carbocycles. The lowest BCUT2D eigenvalue weighted by Crippen LogP contribution is -2.26. The van der Waals surface area contributed by atoms with Crippen molar-refractivity contribution in [1.29, 1.82) is 0 Å². The van der Waals surface area contributed by atoms with Gasteiger partial charge >= 0.3 is 0 Å². The highest BCUT2D eigenvalue weighted by atomic mass is 32.2. The molecular formula is C10H12F3NO3S. The van der Waals surface area contributed by atoms with Crippen LogP contribution in [0, 0.1) is 11.6 Å². The summed E-state index contributed by atoms with van der Waals surface area (Å²) in [6.45, 7) is -1.57. The van der Waals surface area contributed by atoms with Gasteiger partial charge in [0.1, 0.15) is 4.90 Å². The molecule has 0 aliphatic heterocycles. The second-order valence-corrected chi connectivity index (χ2v) is 5.22. The first kappa shape index (κ1) is 14.9. The second-order valence-electron chi connectivity index (χ2n) is 3.49. The summed E-state index contributed by atoms with van der Waals surface area (Å²) in [5, 5.41) is 8.80. The van der Waals surface area contributed by atoms with E-state index in [-0.39, 0.29) is 18.5 Å². The molecule has 102 valence electrons. The number of benzene rings is 1. The van der Waals surface area contributed by atoms with Gasteiger partial charge in [-0.2, -0.15) is 0 Å². The van der Waals surface area contributed by atoms with Gasteiger partial charge in [-0.3, -0.25) is 4.39 Å². The van der Waals surface area contributed by atoms with Crippen molar-refractivity contribution in [3.63, 3.8) is 0 Å². The average molecular weight is 283 g/mol. The van der Waals surface area contributed by atoms with E-state index >= 15 is 0 Å². The molecule has 0 spiro atoms. The molecule has 0 unspecified atom stereocenters. The first-order valence-corrected chi connectivity index (χ1v) is 6.55. The minimum absolute atomic E-state index is 0.0664. The van der Waals surface area contributed by atoms with Crippen LogP contribution in [-0.4, -0.2) is 26.7 Å². The molecule has 0 heterocycles. The third kappa shape index (κ3) is 3.44. The molecule has 0 saturated carbocycles. The average Bonchev–Trinajstić information content (AvgIpc) is 2.32. The van der Waals surface area contributed by atoms with Gasteiger partial charge in [0.05, 0.1) is 13.3 Å². The van der Waals surface area contributed by atoms with Gasteiger partial charge < -0.3 is 5.11 Å². The zero-order valence-corrected chi connectivity index (χ0v) is 10.1. The number of rotatable bonds is 6. The molecule has 0 saturated heterocycles. The zero-order valence-electron chi connectivity index (χ0n) is 9.29. The van der Waals surface area contributed by atoms with Crippen LogP contribution in [0.15, 0.2) is 17.0 Å². The van der Waals surface area contributed by atoms with Crippen LogP contribution in [0.25, 0.3) is 0 Å². The van der Waals surface area contributed by atoms with E-state index in [1.165, 1.54) is 0 Å². The van der Waals surface area contributed by atoms with Crippen molar-refractivity contribution in [2.24, 2.45) is 0 Å². The Morgan fingerprint density at radius 3 is 2.50 bits per heavy atom. The number of halogens is 3. The predicted octanol–water partition coefficient (Wildman–Crippen LogP) is 1.09. The van der Waals surface area contributed by atoms with Gasteiger partial charge in [0.25, 0.3) is 0 Å². The van der Waals surface area contributed by atoms with Crippen LogP contribution in [0.4, 0.5) is 13.2 Å². The van der Waals surface area contributed by atoms with Crippen LogP contribution in [0.2, 0.25) is 0 Å². The fraction of sp³-hybridized carbons (Fsp3) is 0.400. The van der Waals surface area contributed by atoms with Crippen molar-refractivity contribution in [2.45, 2.75) is 17.9 Å². The van der Waals surface area contributed by atoms with Gasteiger partial charge in [-0.15, -0.1) is 0 Å². The van der Waals surface area contributed by atoms with E-state index in [4.69, 9.17) is 5.11 Å². The molecule has 0 amide bonds. The number of alkyl halides is 1. The van der Waals surface area contributed by atoms with Crippen LogP contribution in [0.5, 0.6) is 0 Å². The molecule has 0 fully saturated rings. The van der Waals surface area contributed by atoms with Crippen LogP contribution < -0.4 is 4.72 Å². The first-order chi connectivity index (χ1) is 8.42. The molecule has 0 bridgehead atoms. The molecule has 18 heavy (non-hydrogen) atoms. The Labute approximate surface area is 102 Å². The third-order valence-corrected chi connectivity index (χ3v) is 3.59. The van der Waals surface area contributed by atoms with Gasteiger partial charge in [-0.05, 0) is 24.1 Å². The van der Waals surface area contributed by atoms with Crippen molar-refractivity contribution in [3.8, 4) is 0 Å². The Bertz CT molecular complexity index is 519. The molecule has 1 rings (SSSR count). The van der Waals surface area contributed by atoms with Crippen molar-refractivity contribution in [2.75, 3.05) is 13.2 Å². The van der Waals surface area contributed by atoms with Crippen LogP contribution in [0.1, 0.15) is 12.0 Å². The molecular weight excluding hydrogens is 271 g/mol. The second kappa shape index (κ2) is 6.17. The number of aliphatic hydroxyl groups excluding tert-OH is 1. The molecule has 0 aliphatic rings. The van der Waals surface area contributed by atoms with E-state index in [2.05, 4.69) is 0 Å². The molecule has 8 heteroatoms. The van der Waals surface area contributed by atoms with E-state index in [0.717, 1.165) is 6.07 Å². The molecule has 0 radical (unpaired) electrons. The van der Waals surface area contributed by atoms with Crippen LogP contribution in [-0.2, 0) is 16.6 Å². The molecule has 0 aromatic heterocycles. The number of aliphatic hydroxyl groups is 1. The van der Waals surface area contributed by atoms with Crippen LogP contribution in [0.3, 0.4) is 0 Å². The first-order valence-electron chi connectivity index (χ1n) is 5.06. The number of hydrogen-bond donors (Lipinski definition) is 2. The monoisotopic (exact) mass is 283 g/mol. The Morgan fingerprint density at radius 2 is 1.94 bits per heavy atom. The van der Waals surface area contributed by atoms with Crippen molar-refractivity contribution < 1.29 is 26.7 Å². The summed E-state index contributed by atoms with van der Waals surface area (Å²) >= 11 is 0. The van der Waals surface area contributed by atoms with Crippen LogP contribution >= 0.6 is 0 Å². The lowest BCUT2D eigenvalue weighted by atomic mass is 10.2. The Morgan fingerprint density at radius 1 is 1.28 bits per heavy atom. The Kier molecular flexibility index (Phi) is 5.12. The van der Waals surface area contributed by atoms with E-state index < -0.39 is 39.8 Å². The SMILES string of the molecule is O=S(=O)(NCCCF)c1cc(CO)cc(F)c1F. The maximum absolute atomic E-state index is 13.4. The highest BCUT2D eigenvalue weighted by Crippen LogP contribution is 2.19. The Hall–Kier alpha value is -1.12. The van der Waals surface area contributed by atoms with E-state index in [9.17, 15) is 21.6 Å². The highest BCUT2D eigenvalue weighted by molar-refractivity contribution is 7.89. The largest absolute Gasteiger partial charge is 0.392 e. The smallest absolute Gasteiger partial charge is 0.243 e. The zero-order chi connectivity index (χ0) is 13.8. The highest BCUT2D eigenvalue weighted by Gasteiger charge is 2.22. The third-order valence-electron chi connectivity index (χ3n) is 2.13. The minimum atomic E-state index is -4.26. The summed E-state index contributed by atoms with van der Waals surface area (Å²) in [5.41, 5.74) is -0.0697. The maximum Gasteiger partial charge on any atom is 0.243 e. The number of nitrogens with one attached hydrogen (secondary N) is 1. The summed E-state index contributed by atoms with van der Waals surface area (Å²) in [6.07, 6.45) is -0.0664. The fourth-order valence-electron chi connectivity index (χ4n) is 1.26. The van der Waals surface area contributed by atoms with Gasteiger partial charge in [-0.1, -0.05) is 0 Å². The topological polar surface area (TPSA) is 66.4 Å². The maximum atomic E-state index is 13.4. The summed E-state index contributed by atoms with van der Waals surface area (Å²) in [4.78, 5) is -0.898. The van der Waals surface area contributed by atoms with Crippen molar-refractivity contribution in [3.05, 3.63) is 29.3 Å². The lowest BCUT2D eigenvalue weighted by Gasteiger charge is -2.09. The quantitative estimate of drug-likeness (QED) is 0.768. The summed E-state index contributed by atoms with van der Waals surface area (Å²) in [7, 11) is -4.26. The number of hydrogen-bond acceptors (Lipinski definition) is 3. The van der Waals surface area contributed by atoms with Gasteiger partial charge in [0.2, 0.25) is 10.0 Å². The van der Waals surface area contributed by atoms with E-state index in [1.54, 1.807) is 0 Å². The minimum Gasteiger partial charge on any atom is -0.392 e. The van der Waals surface area contributed by atoms with Crippen molar-refractivity contribution >= 4 is 10.0 Å². The molecule has 0 aliphatic carbocycles. The summed E-state index contributed by atoms with van der Waals surface area (Å²) in [6, 6.07) is 1.53. The number of sulfonamides is 1. The van der Waals surface area contributed by atoms with Crippen molar-refractivity contribution in [1.82, 2.24) is 4.72 Å². The standard InChI is InChI=1S/C10H12F3NO3S/c11-2-1-3-14-18(16,17)9-5-7(6-15)4-8(12)10(9)13/h4-5,14-15H,1-3,6H2.